The molecule has 2 unspecified atom stereocenters. The maximum Gasteiger partial charge on any atom is 0.317 e. The van der Waals surface area contributed by atoms with Crippen LogP contribution in [0.1, 0.15) is 77.0 Å². The molecule has 0 spiro atoms. The highest BCUT2D eigenvalue weighted by molar-refractivity contribution is 7.80. The molecule has 158 valence electrons. The van der Waals surface area contributed by atoms with Gasteiger partial charge in [0.15, 0.2) is 5.11 Å². The number of fused-ring (bicyclic) bond motifs is 1. The summed E-state index contributed by atoms with van der Waals surface area (Å²) >= 11 is 5.35. The predicted molar refractivity (Wildman–Crippen MR) is 119 cm³/mol. The summed E-state index contributed by atoms with van der Waals surface area (Å²) in [4.78, 5) is 14.7. The molecule has 2 atom stereocenters. The first-order valence-electron chi connectivity index (χ1n) is 11.5. The molecule has 0 radical (unpaired) electrons. The molecule has 2 amide bonds. The number of urea groups is 1. The molecule has 2 fully saturated rings. The molecule has 1 saturated carbocycles. The maximum absolute atomic E-state index is 12.6. The topological polar surface area (TPSA) is 56.4 Å². The van der Waals surface area contributed by atoms with Gasteiger partial charge in [0.25, 0.3) is 0 Å². The summed E-state index contributed by atoms with van der Waals surface area (Å²) in [6.07, 6.45) is 17.1. The van der Waals surface area contributed by atoms with Gasteiger partial charge in [0.1, 0.15) is 0 Å². The van der Waals surface area contributed by atoms with Crippen LogP contribution in [0.25, 0.3) is 0 Å². The van der Waals surface area contributed by atoms with E-state index >= 15 is 0 Å². The fourth-order valence-electron chi connectivity index (χ4n) is 4.99. The largest absolute Gasteiger partial charge is 0.363 e. The number of likely N-dealkylation sites (tertiary alicyclic amines) is 1. The van der Waals surface area contributed by atoms with Gasteiger partial charge in [0.05, 0.1) is 0 Å². The molecular formula is C22H38N4OS. The first kappa shape index (κ1) is 21.4. The number of rotatable bonds is 7. The van der Waals surface area contributed by atoms with E-state index in [-0.39, 0.29) is 6.03 Å². The zero-order valence-corrected chi connectivity index (χ0v) is 18.1. The number of nitrogens with one attached hydrogen (secondary N) is 3. The highest BCUT2D eigenvalue weighted by atomic mass is 32.1. The van der Waals surface area contributed by atoms with Crippen molar-refractivity contribution in [2.24, 2.45) is 5.92 Å². The Morgan fingerprint density at radius 1 is 1.00 bits per heavy atom. The summed E-state index contributed by atoms with van der Waals surface area (Å²) in [6, 6.07) is 0.620. The van der Waals surface area contributed by atoms with Crippen LogP contribution in [0.2, 0.25) is 0 Å². The standard InChI is InChI=1S/C22H38N4OS/c27-22(26-17-6-11-19-10-4-5-12-20(19)26)25-15-7-14-23-21(28)24-16-13-18-8-2-1-3-9-18/h8,19-20H,1-7,9-17H2,(H,25,27)(H2,23,24,28). The molecule has 0 aromatic carbocycles. The highest BCUT2D eigenvalue weighted by Crippen LogP contribution is 2.35. The van der Waals surface area contributed by atoms with Gasteiger partial charge in [0, 0.05) is 32.2 Å². The zero-order valence-electron chi connectivity index (χ0n) is 17.3. The van der Waals surface area contributed by atoms with Gasteiger partial charge >= 0.3 is 6.03 Å². The van der Waals surface area contributed by atoms with Crippen LogP contribution >= 0.6 is 12.2 Å². The van der Waals surface area contributed by atoms with Crippen molar-refractivity contribution >= 4 is 23.4 Å². The summed E-state index contributed by atoms with van der Waals surface area (Å²) < 4.78 is 0. The Hall–Kier alpha value is -1.30. The van der Waals surface area contributed by atoms with Crippen LogP contribution in [-0.4, -0.2) is 48.3 Å². The van der Waals surface area contributed by atoms with E-state index in [1.807, 2.05) is 0 Å². The summed E-state index contributed by atoms with van der Waals surface area (Å²) in [5.74, 6) is 0.739. The molecule has 1 heterocycles. The lowest BCUT2D eigenvalue weighted by Crippen LogP contribution is -2.53. The van der Waals surface area contributed by atoms with Gasteiger partial charge < -0.3 is 20.9 Å². The zero-order chi connectivity index (χ0) is 19.6. The van der Waals surface area contributed by atoms with E-state index in [4.69, 9.17) is 12.2 Å². The van der Waals surface area contributed by atoms with E-state index in [1.165, 1.54) is 57.8 Å². The van der Waals surface area contributed by atoms with Crippen molar-refractivity contribution in [2.45, 2.75) is 83.1 Å². The Kier molecular flexibility index (Phi) is 8.90. The molecule has 0 aromatic rings. The lowest BCUT2D eigenvalue weighted by Gasteiger charge is -2.44. The normalized spacial score (nSPS) is 24.7. The van der Waals surface area contributed by atoms with Crippen molar-refractivity contribution in [1.29, 1.82) is 0 Å². The van der Waals surface area contributed by atoms with Gasteiger partial charge in [-0.25, -0.2) is 4.79 Å². The van der Waals surface area contributed by atoms with Crippen molar-refractivity contribution in [2.75, 3.05) is 26.2 Å². The van der Waals surface area contributed by atoms with Crippen LogP contribution in [-0.2, 0) is 0 Å². The monoisotopic (exact) mass is 406 g/mol. The molecular weight excluding hydrogens is 368 g/mol. The number of nitrogens with zero attached hydrogens (tertiary/aromatic N) is 1. The van der Waals surface area contributed by atoms with Gasteiger partial charge in [-0.3, -0.25) is 0 Å². The molecule has 0 aromatic heterocycles. The van der Waals surface area contributed by atoms with Gasteiger partial charge in [-0.05, 0) is 82.3 Å². The molecule has 1 saturated heterocycles. The molecule has 2 aliphatic carbocycles. The van der Waals surface area contributed by atoms with Crippen molar-refractivity contribution in [3.8, 4) is 0 Å². The molecule has 5 nitrogen and oxygen atoms in total. The Bertz CT molecular complexity index is 549. The van der Waals surface area contributed by atoms with Gasteiger partial charge in [-0.15, -0.1) is 0 Å². The smallest absolute Gasteiger partial charge is 0.317 e. The van der Waals surface area contributed by atoms with E-state index < -0.39 is 0 Å². The molecule has 3 rings (SSSR count). The number of thiocarbonyl (C=S) groups is 1. The Balaban J connectivity index is 1.23. The minimum atomic E-state index is 0.137. The average Bonchev–Trinajstić information content (AvgIpc) is 2.73. The van der Waals surface area contributed by atoms with E-state index in [2.05, 4.69) is 26.9 Å². The fourth-order valence-corrected chi connectivity index (χ4v) is 5.20. The molecule has 0 bridgehead atoms. The van der Waals surface area contributed by atoms with Crippen LogP contribution in [0, 0.1) is 5.92 Å². The summed E-state index contributed by atoms with van der Waals surface area (Å²) in [5, 5.41) is 10.4. The Morgan fingerprint density at radius 2 is 1.79 bits per heavy atom. The van der Waals surface area contributed by atoms with Gasteiger partial charge in [-0.2, -0.15) is 0 Å². The number of carbonyl (C=O) groups excluding carboxylic acids is 1. The minimum absolute atomic E-state index is 0.137. The fraction of sp³-hybridized carbons (Fsp3) is 0.818. The third kappa shape index (κ3) is 6.64. The first-order chi connectivity index (χ1) is 13.7. The molecule has 6 heteroatoms. The Morgan fingerprint density at radius 3 is 2.64 bits per heavy atom. The third-order valence-electron chi connectivity index (χ3n) is 6.54. The second-order valence-corrected chi connectivity index (χ2v) is 8.98. The molecule has 3 N–H and O–H groups in total. The number of hydrogen-bond acceptors (Lipinski definition) is 2. The minimum Gasteiger partial charge on any atom is -0.363 e. The van der Waals surface area contributed by atoms with Crippen molar-refractivity contribution in [3.63, 3.8) is 0 Å². The van der Waals surface area contributed by atoms with Crippen molar-refractivity contribution < 1.29 is 4.79 Å². The Labute approximate surface area is 176 Å². The summed E-state index contributed by atoms with van der Waals surface area (Å²) in [6.45, 7) is 3.33. The van der Waals surface area contributed by atoms with Crippen LogP contribution in [0.4, 0.5) is 4.79 Å². The number of amides is 2. The lowest BCUT2D eigenvalue weighted by atomic mass is 9.78. The average molecular weight is 407 g/mol. The maximum atomic E-state index is 12.6. The van der Waals surface area contributed by atoms with E-state index in [0.29, 0.717) is 12.6 Å². The predicted octanol–water partition coefficient (Wildman–Crippen LogP) is 4.10. The number of piperidine rings is 1. The van der Waals surface area contributed by atoms with E-state index in [1.54, 1.807) is 5.57 Å². The van der Waals surface area contributed by atoms with Crippen LogP contribution in [0.15, 0.2) is 11.6 Å². The second-order valence-electron chi connectivity index (χ2n) is 8.57. The van der Waals surface area contributed by atoms with E-state index in [9.17, 15) is 4.79 Å². The SMILES string of the molecule is O=C(NCCCNC(=S)NCCC1=CCCCC1)N1CCCC2CCCCC21. The molecule has 3 aliphatic rings. The number of allylic oxidation sites excluding steroid dienone is 1. The van der Waals surface area contributed by atoms with Crippen molar-refractivity contribution in [3.05, 3.63) is 11.6 Å². The van der Waals surface area contributed by atoms with Crippen LogP contribution in [0.3, 0.4) is 0 Å². The second kappa shape index (κ2) is 11.6. The summed E-state index contributed by atoms with van der Waals surface area (Å²) in [7, 11) is 0. The van der Waals surface area contributed by atoms with Crippen LogP contribution < -0.4 is 16.0 Å². The van der Waals surface area contributed by atoms with Crippen molar-refractivity contribution in [1.82, 2.24) is 20.9 Å². The summed E-state index contributed by atoms with van der Waals surface area (Å²) in [5.41, 5.74) is 1.57. The number of carbonyl (C=O) groups is 1. The highest BCUT2D eigenvalue weighted by Gasteiger charge is 2.35. The van der Waals surface area contributed by atoms with E-state index in [0.717, 1.165) is 49.9 Å². The van der Waals surface area contributed by atoms with Gasteiger partial charge in [0.2, 0.25) is 0 Å². The quantitative estimate of drug-likeness (QED) is 0.339. The number of hydrogen-bond donors (Lipinski definition) is 3. The lowest BCUT2D eigenvalue weighted by molar-refractivity contribution is 0.0843. The molecule has 1 aliphatic heterocycles. The third-order valence-corrected chi connectivity index (χ3v) is 6.82. The van der Waals surface area contributed by atoms with Crippen LogP contribution in [0.5, 0.6) is 0 Å². The first-order valence-corrected chi connectivity index (χ1v) is 11.9. The van der Waals surface area contributed by atoms with Gasteiger partial charge in [-0.1, -0.05) is 24.5 Å². The molecule has 28 heavy (non-hydrogen) atoms.